The van der Waals surface area contributed by atoms with Crippen molar-refractivity contribution in [1.82, 2.24) is 23.3 Å². The molecule has 5 rings (SSSR count). The Labute approximate surface area is 236 Å². The molecule has 9 nitrogen and oxygen atoms in total. The van der Waals surface area contributed by atoms with Gasteiger partial charge in [-0.25, -0.2) is 34.3 Å². The lowest BCUT2D eigenvalue weighted by molar-refractivity contribution is 0.394. The van der Waals surface area contributed by atoms with Gasteiger partial charge in [0.25, 0.3) is 10.0 Å². The van der Waals surface area contributed by atoms with Crippen LogP contribution in [-0.4, -0.2) is 46.4 Å². The number of hydrogen-bond acceptors (Lipinski definition) is 6. The Morgan fingerprint density at radius 1 is 0.902 bits per heavy atom. The average Bonchev–Trinajstić information content (AvgIpc) is 3.47. The van der Waals surface area contributed by atoms with Crippen molar-refractivity contribution in [1.29, 1.82) is 0 Å². The van der Waals surface area contributed by atoms with Gasteiger partial charge in [0.15, 0.2) is 0 Å². The number of sulfonamides is 1. The average molecular weight is 600 g/mol. The highest BCUT2D eigenvalue weighted by molar-refractivity contribution is 7.90. The molecule has 0 N–H and O–H groups in total. The van der Waals surface area contributed by atoms with E-state index in [4.69, 9.17) is 0 Å². The fourth-order valence-corrected chi connectivity index (χ4v) is 6.96. The van der Waals surface area contributed by atoms with E-state index in [2.05, 4.69) is 10.3 Å². The molecule has 0 spiro atoms. The van der Waals surface area contributed by atoms with E-state index in [0.717, 1.165) is 28.3 Å². The van der Waals surface area contributed by atoms with Gasteiger partial charge in [-0.15, -0.1) is 5.10 Å². The summed E-state index contributed by atoms with van der Waals surface area (Å²) < 4.78 is 84.7. The van der Waals surface area contributed by atoms with Gasteiger partial charge in [0.05, 0.1) is 53.9 Å². The molecule has 0 aliphatic heterocycles. The van der Waals surface area contributed by atoms with Crippen molar-refractivity contribution in [2.24, 2.45) is 0 Å². The van der Waals surface area contributed by atoms with Crippen molar-refractivity contribution in [3.8, 4) is 0 Å². The number of halogens is 2. The molecule has 0 aliphatic carbocycles. The minimum atomic E-state index is -4.09. The van der Waals surface area contributed by atoms with Crippen molar-refractivity contribution in [3.63, 3.8) is 0 Å². The summed E-state index contributed by atoms with van der Waals surface area (Å²) in [6.07, 6.45) is 2.49. The Kier molecular flexibility index (Phi) is 7.53. The second kappa shape index (κ2) is 10.8. The molecule has 2 aromatic heterocycles. The topological polar surface area (TPSA) is 107 Å². The molecule has 214 valence electrons. The van der Waals surface area contributed by atoms with Crippen molar-refractivity contribution >= 4 is 30.9 Å². The van der Waals surface area contributed by atoms with E-state index >= 15 is 0 Å². The van der Waals surface area contributed by atoms with E-state index in [0.29, 0.717) is 16.5 Å². The molecule has 0 fully saturated rings. The summed E-state index contributed by atoms with van der Waals surface area (Å²) in [6.45, 7) is 3.10. The molecule has 41 heavy (non-hydrogen) atoms. The van der Waals surface area contributed by atoms with Crippen LogP contribution in [-0.2, 0) is 39.7 Å². The molecule has 3 aromatic carbocycles. The Balaban J connectivity index is 1.52. The Bertz CT molecular complexity index is 1970. The zero-order chi connectivity index (χ0) is 29.5. The summed E-state index contributed by atoms with van der Waals surface area (Å²) >= 11 is 0. The summed E-state index contributed by atoms with van der Waals surface area (Å²) in [4.78, 5) is 0.0759. The molecule has 0 radical (unpaired) electrons. The summed E-state index contributed by atoms with van der Waals surface area (Å²) in [5.41, 5.74) is 2.69. The Morgan fingerprint density at radius 2 is 1.61 bits per heavy atom. The van der Waals surface area contributed by atoms with E-state index in [-0.39, 0.29) is 41.5 Å². The molecule has 0 aliphatic rings. The molecule has 0 unspecified atom stereocenters. The van der Waals surface area contributed by atoms with Crippen LogP contribution in [0, 0.1) is 25.5 Å². The predicted octanol–water partition coefficient (Wildman–Crippen LogP) is 4.37. The van der Waals surface area contributed by atoms with Crippen LogP contribution in [0.5, 0.6) is 0 Å². The third-order valence-electron chi connectivity index (χ3n) is 6.83. The van der Waals surface area contributed by atoms with Gasteiger partial charge in [0.2, 0.25) is 10.0 Å². The smallest absolute Gasteiger partial charge is 0.248 e. The third-order valence-corrected chi connectivity index (χ3v) is 9.79. The first-order chi connectivity index (χ1) is 19.3. The molecule has 0 bridgehead atoms. The van der Waals surface area contributed by atoms with E-state index < -0.39 is 31.7 Å². The maximum absolute atomic E-state index is 14.1. The molecule has 2 heterocycles. The van der Waals surface area contributed by atoms with Crippen molar-refractivity contribution < 1.29 is 25.6 Å². The SMILES string of the molecule is Cc1ccc(S(=O)(=O)n2c(CN(Cc3cn(Cc4ccc(F)cc4F)nn3)S(C)(=O)=O)c(C)c3ccccc32)cc1. The summed E-state index contributed by atoms with van der Waals surface area (Å²) in [7, 11) is -7.96. The minimum absolute atomic E-state index is 0.0415. The quantitative estimate of drug-likeness (QED) is 0.249. The number of rotatable bonds is 9. The fourth-order valence-electron chi connectivity index (χ4n) is 4.64. The second-order valence-corrected chi connectivity index (χ2v) is 13.6. The zero-order valence-electron chi connectivity index (χ0n) is 22.5. The predicted molar refractivity (Wildman–Crippen MR) is 150 cm³/mol. The number of nitrogens with zero attached hydrogens (tertiary/aromatic N) is 5. The van der Waals surface area contributed by atoms with Crippen LogP contribution in [0.4, 0.5) is 8.78 Å². The lowest BCUT2D eigenvalue weighted by atomic mass is 10.1. The number of aryl methyl sites for hydroxylation is 2. The van der Waals surface area contributed by atoms with Crippen LogP contribution in [0.15, 0.2) is 77.8 Å². The third kappa shape index (κ3) is 5.78. The second-order valence-electron chi connectivity index (χ2n) is 9.85. The van der Waals surface area contributed by atoms with Gasteiger partial charge in [-0.1, -0.05) is 47.2 Å². The first-order valence-electron chi connectivity index (χ1n) is 12.5. The minimum Gasteiger partial charge on any atom is -0.248 e. The van der Waals surface area contributed by atoms with Gasteiger partial charge < -0.3 is 0 Å². The van der Waals surface area contributed by atoms with Gasteiger partial charge >= 0.3 is 0 Å². The maximum atomic E-state index is 14.1. The van der Waals surface area contributed by atoms with E-state index in [1.165, 1.54) is 33.1 Å². The number of fused-ring (bicyclic) bond motifs is 1. The van der Waals surface area contributed by atoms with Gasteiger partial charge in [-0.2, -0.15) is 4.31 Å². The summed E-state index contributed by atoms with van der Waals surface area (Å²) in [5, 5.41) is 8.67. The summed E-state index contributed by atoms with van der Waals surface area (Å²) in [5.74, 6) is -1.44. The zero-order valence-corrected chi connectivity index (χ0v) is 24.1. The molecular weight excluding hydrogens is 572 g/mol. The first-order valence-corrected chi connectivity index (χ1v) is 15.8. The molecule has 0 saturated heterocycles. The number of hydrogen-bond donors (Lipinski definition) is 0. The standard InChI is InChI=1S/C28H27F2N5O4S2/c1-19-8-12-24(13-9-19)41(38,39)35-27-7-5-4-6-25(27)20(2)28(35)18-34(40(3,36)37)17-23-16-33(32-31-23)15-21-10-11-22(29)14-26(21)30/h4-14,16H,15,17-18H2,1-3H3. The molecule has 0 saturated carbocycles. The van der Waals surface area contributed by atoms with Crippen LogP contribution in [0.25, 0.3) is 10.9 Å². The number of aromatic nitrogens is 4. The van der Waals surface area contributed by atoms with Crippen LogP contribution in [0.3, 0.4) is 0 Å². The van der Waals surface area contributed by atoms with Gasteiger partial charge in [0, 0.05) is 17.0 Å². The molecule has 13 heteroatoms. The van der Waals surface area contributed by atoms with Crippen molar-refractivity contribution in [3.05, 3.63) is 113 Å². The first kappa shape index (κ1) is 28.6. The van der Waals surface area contributed by atoms with Crippen molar-refractivity contribution in [2.75, 3.05) is 6.26 Å². The van der Waals surface area contributed by atoms with Crippen LogP contribution < -0.4 is 0 Å². The van der Waals surface area contributed by atoms with Crippen LogP contribution >= 0.6 is 0 Å². The van der Waals surface area contributed by atoms with Crippen molar-refractivity contribution in [2.45, 2.75) is 38.4 Å². The highest BCUT2D eigenvalue weighted by Gasteiger charge is 2.29. The molecule has 0 atom stereocenters. The van der Waals surface area contributed by atoms with Crippen LogP contribution in [0.2, 0.25) is 0 Å². The monoisotopic (exact) mass is 599 g/mol. The number of para-hydroxylation sites is 1. The Morgan fingerprint density at radius 3 is 2.29 bits per heavy atom. The lowest BCUT2D eigenvalue weighted by Crippen LogP contribution is -2.31. The fraction of sp³-hybridized carbons (Fsp3) is 0.214. The highest BCUT2D eigenvalue weighted by atomic mass is 32.2. The largest absolute Gasteiger partial charge is 0.268 e. The molecular formula is C28H27F2N5O4S2. The highest BCUT2D eigenvalue weighted by Crippen LogP contribution is 2.31. The maximum Gasteiger partial charge on any atom is 0.268 e. The van der Waals surface area contributed by atoms with E-state index in [1.54, 1.807) is 43.3 Å². The van der Waals surface area contributed by atoms with Crippen LogP contribution in [0.1, 0.15) is 28.1 Å². The van der Waals surface area contributed by atoms with Gasteiger partial charge in [0.1, 0.15) is 11.6 Å². The Hall–Kier alpha value is -3.94. The summed E-state index contributed by atoms with van der Waals surface area (Å²) in [6, 6.07) is 16.6. The lowest BCUT2D eigenvalue weighted by Gasteiger charge is -2.21. The molecule has 5 aromatic rings. The number of benzene rings is 3. The normalized spacial score (nSPS) is 12.4. The van der Waals surface area contributed by atoms with E-state index in [9.17, 15) is 25.6 Å². The van der Waals surface area contributed by atoms with E-state index in [1.807, 2.05) is 6.92 Å². The van der Waals surface area contributed by atoms with Gasteiger partial charge in [-0.05, 0) is 43.7 Å². The molecule has 0 amide bonds. The van der Waals surface area contributed by atoms with Gasteiger partial charge in [-0.3, -0.25) is 0 Å².